The first-order valence-corrected chi connectivity index (χ1v) is 8.97. The monoisotopic (exact) mass is 338 g/mol. The molecule has 0 N–H and O–H groups in total. The van der Waals surface area contributed by atoms with Gasteiger partial charge in [0.2, 0.25) is 5.91 Å². The van der Waals surface area contributed by atoms with Gasteiger partial charge in [0.1, 0.15) is 12.2 Å². The zero-order valence-electron chi connectivity index (χ0n) is 15.2. The fourth-order valence-electron chi connectivity index (χ4n) is 3.38. The number of hydrogen-bond donors (Lipinski definition) is 0. The minimum Gasteiger partial charge on any atom is -0.338 e. The Hall–Kier alpha value is -2.43. The first-order valence-electron chi connectivity index (χ1n) is 8.97. The molecule has 1 aromatic heterocycles. The molecule has 1 saturated heterocycles. The number of carbonyl (C=O) groups excluding carboxylic acids is 1. The molecule has 0 aliphatic carbocycles. The maximum Gasteiger partial charge on any atom is 0.246 e. The summed E-state index contributed by atoms with van der Waals surface area (Å²) < 4.78 is 2.11. The number of carbonyl (C=O) groups is 1. The van der Waals surface area contributed by atoms with Crippen LogP contribution < -0.4 is 0 Å². The molecule has 0 saturated carbocycles. The number of aryl methyl sites for hydroxylation is 1. The zero-order chi connectivity index (χ0) is 17.8. The average Bonchev–Trinajstić information content (AvgIpc) is 3.10. The molecule has 1 aromatic carbocycles. The molecule has 1 aliphatic rings. The van der Waals surface area contributed by atoms with E-state index in [0.29, 0.717) is 12.6 Å². The van der Waals surface area contributed by atoms with Crippen molar-refractivity contribution in [2.75, 3.05) is 13.1 Å². The topological polar surface area (TPSA) is 51.0 Å². The van der Waals surface area contributed by atoms with Crippen molar-refractivity contribution >= 4 is 12.0 Å². The first-order chi connectivity index (χ1) is 12.0. The van der Waals surface area contributed by atoms with E-state index in [9.17, 15) is 4.79 Å². The van der Waals surface area contributed by atoms with Gasteiger partial charge in [-0.3, -0.25) is 4.79 Å². The van der Waals surface area contributed by atoms with Crippen molar-refractivity contribution in [1.82, 2.24) is 19.7 Å². The highest BCUT2D eigenvalue weighted by atomic mass is 16.2. The van der Waals surface area contributed by atoms with E-state index in [4.69, 9.17) is 0 Å². The van der Waals surface area contributed by atoms with E-state index in [1.165, 1.54) is 5.56 Å². The summed E-state index contributed by atoms with van der Waals surface area (Å²) in [4.78, 5) is 14.5. The van der Waals surface area contributed by atoms with Gasteiger partial charge in [0.15, 0.2) is 0 Å². The van der Waals surface area contributed by atoms with Crippen LogP contribution in [0.1, 0.15) is 55.6 Å². The average molecular weight is 338 g/mol. The molecular weight excluding hydrogens is 312 g/mol. The van der Waals surface area contributed by atoms with Gasteiger partial charge in [0.25, 0.3) is 0 Å². The van der Waals surface area contributed by atoms with Crippen LogP contribution in [0.25, 0.3) is 6.08 Å². The second-order valence-electron chi connectivity index (χ2n) is 7.06. The SMILES string of the molecule is Cc1cccc(C=CC(=O)N2CCCC(c3nncn3C(C)C)C2)c1. The van der Waals surface area contributed by atoms with E-state index in [0.717, 1.165) is 30.8 Å². The van der Waals surface area contributed by atoms with Gasteiger partial charge in [-0.1, -0.05) is 29.8 Å². The van der Waals surface area contributed by atoms with Crippen molar-refractivity contribution in [2.24, 2.45) is 0 Å². The lowest BCUT2D eigenvalue weighted by Gasteiger charge is -2.32. The molecule has 3 rings (SSSR count). The third kappa shape index (κ3) is 4.16. The summed E-state index contributed by atoms with van der Waals surface area (Å²) in [6.07, 6.45) is 7.43. The Morgan fingerprint density at radius 1 is 1.36 bits per heavy atom. The summed E-state index contributed by atoms with van der Waals surface area (Å²) in [5, 5.41) is 8.38. The number of benzene rings is 1. The van der Waals surface area contributed by atoms with Crippen molar-refractivity contribution in [3.63, 3.8) is 0 Å². The molecule has 1 amide bonds. The number of likely N-dealkylation sites (tertiary alicyclic amines) is 1. The van der Waals surface area contributed by atoms with Gasteiger partial charge in [0, 0.05) is 31.1 Å². The molecule has 0 bridgehead atoms. The predicted octanol–water partition coefficient (Wildman–Crippen LogP) is 3.59. The number of rotatable bonds is 4. The molecule has 1 unspecified atom stereocenters. The lowest BCUT2D eigenvalue weighted by Crippen LogP contribution is -2.39. The summed E-state index contributed by atoms with van der Waals surface area (Å²) in [7, 11) is 0. The van der Waals surface area contributed by atoms with Gasteiger partial charge in [-0.15, -0.1) is 10.2 Å². The van der Waals surface area contributed by atoms with Crippen molar-refractivity contribution < 1.29 is 4.79 Å². The Balaban J connectivity index is 1.68. The number of piperidine rings is 1. The largest absolute Gasteiger partial charge is 0.338 e. The summed E-state index contributed by atoms with van der Waals surface area (Å²) in [6, 6.07) is 8.49. The maximum absolute atomic E-state index is 12.6. The number of nitrogens with zero attached hydrogens (tertiary/aromatic N) is 4. The van der Waals surface area contributed by atoms with E-state index in [2.05, 4.69) is 47.7 Å². The fraction of sp³-hybridized carbons (Fsp3) is 0.450. The zero-order valence-corrected chi connectivity index (χ0v) is 15.2. The first kappa shape index (κ1) is 17.4. The van der Waals surface area contributed by atoms with Crippen LogP contribution in [0.5, 0.6) is 0 Å². The molecule has 5 heteroatoms. The normalized spacial score (nSPS) is 18.2. The molecular formula is C20H26N4O. The summed E-state index contributed by atoms with van der Waals surface area (Å²) in [6.45, 7) is 7.83. The molecule has 0 radical (unpaired) electrons. The van der Waals surface area contributed by atoms with Crippen LogP contribution in [0.2, 0.25) is 0 Å². The Morgan fingerprint density at radius 3 is 2.96 bits per heavy atom. The van der Waals surface area contributed by atoms with Gasteiger partial charge >= 0.3 is 0 Å². The Morgan fingerprint density at radius 2 is 2.20 bits per heavy atom. The second kappa shape index (κ2) is 7.64. The number of aromatic nitrogens is 3. The standard InChI is InChI=1S/C20H26N4O/c1-15(2)24-14-21-22-20(24)18-8-5-11-23(13-18)19(25)10-9-17-7-4-6-16(3)12-17/h4,6-7,9-10,12,14-15,18H,5,8,11,13H2,1-3H3. The third-order valence-corrected chi connectivity index (χ3v) is 4.72. The van der Waals surface area contributed by atoms with Crippen LogP contribution in [0.15, 0.2) is 36.7 Å². The minimum atomic E-state index is 0.0711. The minimum absolute atomic E-state index is 0.0711. The molecule has 5 nitrogen and oxygen atoms in total. The molecule has 1 fully saturated rings. The second-order valence-corrected chi connectivity index (χ2v) is 7.06. The molecule has 25 heavy (non-hydrogen) atoms. The van der Waals surface area contributed by atoms with Crippen molar-refractivity contribution in [3.05, 3.63) is 53.6 Å². The Bertz CT molecular complexity index is 763. The van der Waals surface area contributed by atoms with Gasteiger partial charge in [-0.2, -0.15) is 0 Å². The lowest BCUT2D eigenvalue weighted by molar-refractivity contribution is -0.127. The van der Waals surface area contributed by atoms with Crippen LogP contribution in [0, 0.1) is 6.92 Å². The smallest absolute Gasteiger partial charge is 0.246 e. The summed E-state index contributed by atoms with van der Waals surface area (Å²) in [5.74, 6) is 1.33. The van der Waals surface area contributed by atoms with Crippen LogP contribution in [0.4, 0.5) is 0 Å². The van der Waals surface area contributed by atoms with Crippen LogP contribution in [-0.4, -0.2) is 38.7 Å². The Labute approximate surface area is 149 Å². The Kier molecular flexibility index (Phi) is 5.31. The number of amides is 1. The molecule has 1 atom stereocenters. The van der Waals surface area contributed by atoms with Crippen LogP contribution in [0.3, 0.4) is 0 Å². The van der Waals surface area contributed by atoms with E-state index in [-0.39, 0.29) is 11.8 Å². The van der Waals surface area contributed by atoms with E-state index in [1.807, 2.05) is 23.1 Å². The van der Waals surface area contributed by atoms with E-state index < -0.39 is 0 Å². The van der Waals surface area contributed by atoms with E-state index >= 15 is 0 Å². The molecule has 132 valence electrons. The highest BCUT2D eigenvalue weighted by Crippen LogP contribution is 2.27. The highest BCUT2D eigenvalue weighted by Gasteiger charge is 2.27. The van der Waals surface area contributed by atoms with Crippen LogP contribution in [-0.2, 0) is 4.79 Å². The van der Waals surface area contributed by atoms with E-state index in [1.54, 1.807) is 12.4 Å². The van der Waals surface area contributed by atoms with Crippen molar-refractivity contribution in [1.29, 1.82) is 0 Å². The van der Waals surface area contributed by atoms with Gasteiger partial charge in [0.05, 0.1) is 0 Å². The number of hydrogen-bond acceptors (Lipinski definition) is 3. The molecule has 1 aliphatic heterocycles. The van der Waals surface area contributed by atoms with Crippen molar-refractivity contribution in [2.45, 2.75) is 45.6 Å². The molecule has 0 spiro atoms. The van der Waals surface area contributed by atoms with Crippen LogP contribution >= 0.6 is 0 Å². The highest BCUT2D eigenvalue weighted by molar-refractivity contribution is 5.91. The molecule has 2 heterocycles. The fourth-order valence-corrected chi connectivity index (χ4v) is 3.38. The summed E-state index contributed by atoms with van der Waals surface area (Å²) >= 11 is 0. The summed E-state index contributed by atoms with van der Waals surface area (Å²) in [5.41, 5.74) is 2.25. The van der Waals surface area contributed by atoms with Gasteiger partial charge in [-0.05, 0) is 45.3 Å². The maximum atomic E-state index is 12.6. The van der Waals surface area contributed by atoms with Gasteiger partial charge < -0.3 is 9.47 Å². The van der Waals surface area contributed by atoms with Crippen molar-refractivity contribution in [3.8, 4) is 0 Å². The predicted molar refractivity (Wildman–Crippen MR) is 99.2 cm³/mol. The third-order valence-electron chi connectivity index (χ3n) is 4.72. The quantitative estimate of drug-likeness (QED) is 0.801. The lowest BCUT2D eigenvalue weighted by atomic mass is 9.96. The van der Waals surface area contributed by atoms with Gasteiger partial charge in [-0.25, -0.2) is 0 Å². The molecule has 2 aromatic rings.